The maximum atomic E-state index is 12.2. The Labute approximate surface area is 112 Å². The minimum Gasteiger partial charge on any atom is -0.372 e. The molecule has 0 aliphatic heterocycles. The highest BCUT2D eigenvalue weighted by atomic mass is 79.9. The Hall–Kier alpha value is -0.850. The molecule has 3 nitrogen and oxygen atoms in total. The van der Waals surface area contributed by atoms with E-state index in [2.05, 4.69) is 31.2 Å². The van der Waals surface area contributed by atoms with Crippen LogP contribution in [0, 0.1) is 0 Å². The summed E-state index contributed by atoms with van der Waals surface area (Å²) in [5.41, 5.74) is 0.714. The van der Waals surface area contributed by atoms with E-state index >= 15 is 0 Å². The summed E-state index contributed by atoms with van der Waals surface area (Å²) in [6.45, 7) is 3.86. The van der Waals surface area contributed by atoms with E-state index in [0.29, 0.717) is 16.0 Å². The van der Waals surface area contributed by atoms with Crippen molar-refractivity contribution in [2.75, 3.05) is 12.4 Å². The molecule has 0 bridgehead atoms. The highest BCUT2D eigenvalue weighted by Gasteiger charge is 2.27. The molecule has 0 unspecified atom stereocenters. The summed E-state index contributed by atoms with van der Waals surface area (Å²) in [5.74, 6) is 0.841. The number of hydrogen-bond acceptors (Lipinski definition) is 3. The van der Waals surface area contributed by atoms with Gasteiger partial charge >= 0.3 is 6.18 Å². The maximum absolute atomic E-state index is 12.2. The van der Waals surface area contributed by atoms with Crippen molar-refractivity contribution < 1.29 is 13.2 Å². The van der Waals surface area contributed by atoms with Crippen LogP contribution >= 0.6 is 15.9 Å². The first-order valence-corrected chi connectivity index (χ1v) is 6.34. The number of anilines is 1. The van der Waals surface area contributed by atoms with Gasteiger partial charge in [-0.1, -0.05) is 13.8 Å². The van der Waals surface area contributed by atoms with Gasteiger partial charge in [-0.2, -0.15) is 13.2 Å². The summed E-state index contributed by atoms with van der Waals surface area (Å²) < 4.78 is 37.2. The van der Waals surface area contributed by atoms with Gasteiger partial charge in [0.15, 0.2) is 0 Å². The fourth-order valence-corrected chi connectivity index (χ4v) is 2.26. The van der Waals surface area contributed by atoms with Gasteiger partial charge in [-0.3, -0.25) is 0 Å². The molecule has 1 heterocycles. The molecule has 0 saturated carbocycles. The number of hydrogen-bond donors (Lipinski definition) is 1. The average Bonchev–Trinajstić information content (AvgIpc) is 2.26. The lowest BCUT2D eigenvalue weighted by Crippen LogP contribution is -2.12. The second kappa shape index (κ2) is 5.86. The monoisotopic (exact) mass is 325 g/mol. The minimum atomic E-state index is -4.19. The lowest BCUT2D eigenvalue weighted by atomic mass is 10.1. The summed E-state index contributed by atoms with van der Waals surface area (Å²) in [5, 5.41) is 2.85. The molecule has 0 atom stereocenters. The summed E-state index contributed by atoms with van der Waals surface area (Å²) in [6.07, 6.45) is -5.30. The highest BCUT2D eigenvalue weighted by molar-refractivity contribution is 9.10. The zero-order valence-electron chi connectivity index (χ0n) is 10.4. The molecule has 7 heteroatoms. The third kappa shape index (κ3) is 4.12. The quantitative estimate of drug-likeness (QED) is 0.912. The van der Waals surface area contributed by atoms with Crippen LogP contribution in [0.1, 0.15) is 37.7 Å². The molecule has 0 saturated heterocycles. The van der Waals surface area contributed by atoms with Crippen LogP contribution in [0.5, 0.6) is 0 Å². The van der Waals surface area contributed by atoms with E-state index in [9.17, 15) is 13.2 Å². The van der Waals surface area contributed by atoms with Crippen LogP contribution in [0.15, 0.2) is 4.47 Å². The van der Waals surface area contributed by atoms with Crippen molar-refractivity contribution in [3.05, 3.63) is 16.0 Å². The van der Waals surface area contributed by atoms with Gasteiger partial charge in [0, 0.05) is 13.5 Å². The van der Waals surface area contributed by atoms with E-state index in [1.54, 1.807) is 7.05 Å². The zero-order valence-corrected chi connectivity index (χ0v) is 12.0. The predicted octanol–water partition coefficient (Wildman–Crippen LogP) is 3.90. The molecule has 0 amide bonds. The van der Waals surface area contributed by atoms with E-state index in [0.717, 1.165) is 0 Å². The molecule has 1 N–H and O–H groups in total. The molecule has 0 fully saturated rings. The number of nitrogens with zero attached hydrogens (tertiary/aromatic N) is 2. The first-order valence-electron chi connectivity index (χ1n) is 5.55. The fourth-order valence-electron chi connectivity index (χ4n) is 1.43. The Morgan fingerprint density at radius 3 is 2.33 bits per heavy atom. The van der Waals surface area contributed by atoms with Gasteiger partial charge in [0.1, 0.15) is 11.6 Å². The first-order chi connectivity index (χ1) is 8.24. The van der Waals surface area contributed by atoms with Crippen LogP contribution in [0.4, 0.5) is 19.0 Å². The van der Waals surface area contributed by atoms with Crippen molar-refractivity contribution in [2.24, 2.45) is 0 Å². The van der Waals surface area contributed by atoms with Crippen molar-refractivity contribution in [3.8, 4) is 0 Å². The molecule has 0 aliphatic carbocycles. The van der Waals surface area contributed by atoms with Gasteiger partial charge in [0.2, 0.25) is 0 Å². The Balaban J connectivity index is 3.03. The van der Waals surface area contributed by atoms with Crippen molar-refractivity contribution in [3.63, 3.8) is 0 Å². The fraction of sp³-hybridized carbons (Fsp3) is 0.636. The van der Waals surface area contributed by atoms with Crippen molar-refractivity contribution in [1.82, 2.24) is 9.97 Å². The molecule has 0 aliphatic rings. The standard InChI is InChI=1S/C11H15BrF3N3/c1-6(2)9-8(12)10(16-3)18-7(17-9)4-5-11(13,14)15/h6H,4-5H2,1-3H3,(H,16,17,18). The summed E-state index contributed by atoms with van der Waals surface area (Å²) in [4.78, 5) is 8.25. The number of rotatable bonds is 4. The molecule has 0 radical (unpaired) electrons. The van der Waals surface area contributed by atoms with E-state index in [1.165, 1.54) is 0 Å². The first kappa shape index (κ1) is 15.2. The SMILES string of the molecule is CNc1nc(CCC(F)(F)F)nc(C(C)C)c1Br. The zero-order chi connectivity index (χ0) is 13.9. The molecule has 102 valence electrons. The number of aryl methyl sites for hydroxylation is 1. The number of alkyl halides is 3. The van der Waals surface area contributed by atoms with E-state index in [1.807, 2.05) is 13.8 Å². The molecule has 0 aromatic carbocycles. The Bertz CT molecular complexity index is 419. The molecular formula is C11H15BrF3N3. The molecule has 18 heavy (non-hydrogen) atoms. The van der Waals surface area contributed by atoms with Crippen LogP contribution < -0.4 is 5.32 Å². The van der Waals surface area contributed by atoms with E-state index in [4.69, 9.17) is 0 Å². The summed E-state index contributed by atoms with van der Waals surface area (Å²) in [6, 6.07) is 0. The predicted molar refractivity (Wildman–Crippen MR) is 67.7 cm³/mol. The largest absolute Gasteiger partial charge is 0.389 e. The maximum Gasteiger partial charge on any atom is 0.389 e. The second-order valence-electron chi connectivity index (χ2n) is 4.21. The van der Waals surface area contributed by atoms with Crippen molar-refractivity contribution in [2.45, 2.75) is 38.8 Å². The molecular weight excluding hydrogens is 311 g/mol. The van der Waals surface area contributed by atoms with Crippen molar-refractivity contribution >= 4 is 21.7 Å². The van der Waals surface area contributed by atoms with Gasteiger partial charge in [0.25, 0.3) is 0 Å². The molecule has 1 rings (SSSR count). The highest BCUT2D eigenvalue weighted by Crippen LogP contribution is 2.29. The molecule has 1 aromatic rings. The summed E-state index contributed by atoms with van der Waals surface area (Å²) >= 11 is 3.36. The van der Waals surface area contributed by atoms with Crippen LogP contribution in [0.2, 0.25) is 0 Å². The van der Waals surface area contributed by atoms with Gasteiger partial charge in [-0.15, -0.1) is 0 Å². The number of nitrogens with one attached hydrogen (secondary N) is 1. The van der Waals surface area contributed by atoms with Gasteiger partial charge in [0.05, 0.1) is 16.6 Å². The topological polar surface area (TPSA) is 37.8 Å². The number of halogens is 4. The van der Waals surface area contributed by atoms with Gasteiger partial charge in [-0.25, -0.2) is 9.97 Å². The van der Waals surface area contributed by atoms with E-state index in [-0.39, 0.29) is 18.2 Å². The average molecular weight is 326 g/mol. The Morgan fingerprint density at radius 1 is 1.28 bits per heavy atom. The van der Waals surface area contributed by atoms with E-state index < -0.39 is 12.6 Å². The third-order valence-electron chi connectivity index (χ3n) is 2.34. The lowest BCUT2D eigenvalue weighted by Gasteiger charge is -2.13. The minimum absolute atomic E-state index is 0.110. The summed E-state index contributed by atoms with van der Waals surface area (Å²) in [7, 11) is 1.67. The second-order valence-corrected chi connectivity index (χ2v) is 5.00. The van der Waals surface area contributed by atoms with Gasteiger partial charge < -0.3 is 5.32 Å². The third-order valence-corrected chi connectivity index (χ3v) is 3.12. The van der Waals surface area contributed by atoms with Crippen LogP contribution in [-0.4, -0.2) is 23.2 Å². The van der Waals surface area contributed by atoms with Crippen LogP contribution in [0.25, 0.3) is 0 Å². The van der Waals surface area contributed by atoms with Crippen molar-refractivity contribution in [1.29, 1.82) is 0 Å². The normalized spacial score (nSPS) is 12.0. The van der Waals surface area contributed by atoms with Gasteiger partial charge in [-0.05, 0) is 21.8 Å². The Morgan fingerprint density at radius 2 is 1.89 bits per heavy atom. The van der Waals surface area contributed by atoms with Crippen LogP contribution in [0.3, 0.4) is 0 Å². The van der Waals surface area contributed by atoms with Crippen LogP contribution in [-0.2, 0) is 6.42 Å². The molecule has 0 spiro atoms. The lowest BCUT2D eigenvalue weighted by molar-refractivity contribution is -0.134. The molecule has 1 aromatic heterocycles. The Kier molecular flexibility index (Phi) is 4.95. The number of aromatic nitrogens is 2. The smallest absolute Gasteiger partial charge is 0.372 e.